The number of aryl methyl sites for hydroxylation is 1. The molecule has 0 N–H and O–H groups in total. The smallest absolute Gasteiger partial charge is 0.282 e. The quantitative estimate of drug-likeness (QED) is 0.241. The van der Waals surface area contributed by atoms with Gasteiger partial charge in [-0.05, 0) is 48.4 Å². The Morgan fingerprint density at radius 2 is 2.03 bits per heavy atom. The van der Waals surface area contributed by atoms with Crippen LogP contribution in [-0.4, -0.2) is 23.0 Å². The van der Waals surface area contributed by atoms with Crippen molar-refractivity contribution in [2.75, 3.05) is 7.11 Å². The highest BCUT2D eigenvalue weighted by atomic mass is 79.9. The van der Waals surface area contributed by atoms with E-state index in [0.717, 1.165) is 16.5 Å². The Morgan fingerprint density at radius 3 is 2.78 bits per heavy atom. The van der Waals surface area contributed by atoms with Crippen LogP contribution in [0.15, 0.2) is 69.0 Å². The summed E-state index contributed by atoms with van der Waals surface area (Å²) in [5, 5.41) is 14.5. The lowest BCUT2D eigenvalue weighted by Gasteiger charge is -2.14. The van der Waals surface area contributed by atoms with Gasteiger partial charge in [-0.1, -0.05) is 52.7 Å². The summed E-state index contributed by atoms with van der Waals surface area (Å²) in [7, 11) is 1.51. The number of ether oxygens (including phenoxy) is 2. The molecule has 4 rings (SSSR count). The molecule has 0 saturated carbocycles. The van der Waals surface area contributed by atoms with Crippen LogP contribution in [0.25, 0.3) is 10.9 Å². The van der Waals surface area contributed by atoms with E-state index < -0.39 is 0 Å². The Bertz CT molecular complexity index is 1560. The highest BCUT2D eigenvalue weighted by Crippen LogP contribution is 2.36. The lowest BCUT2D eigenvalue weighted by Crippen LogP contribution is -2.22. The minimum absolute atomic E-state index is 0.154. The van der Waals surface area contributed by atoms with Crippen molar-refractivity contribution in [3.63, 3.8) is 0 Å². The van der Waals surface area contributed by atoms with Gasteiger partial charge >= 0.3 is 0 Å². The maximum Gasteiger partial charge on any atom is 0.282 e. The van der Waals surface area contributed by atoms with E-state index in [1.807, 2.05) is 31.2 Å². The molecule has 0 bridgehead atoms. The van der Waals surface area contributed by atoms with E-state index in [9.17, 15) is 10.1 Å². The van der Waals surface area contributed by atoms with Crippen LogP contribution < -0.4 is 15.0 Å². The summed E-state index contributed by atoms with van der Waals surface area (Å²) in [6.45, 7) is 2.17. The predicted molar refractivity (Wildman–Crippen MR) is 144 cm³/mol. The van der Waals surface area contributed by atoms with Crippen LogP contribution in [0, 0.1) is 11.3 Å². The van der Waals surface area contributed by atoms with Gasteiger partial charge in [0.25, 0.3) is 5.56 Å². The molecule has 0 amide bonds. The number of fused-ring (bicyclic) bond motifs is 1. The molecule has 0 aliphatic rings. The molecule has 4 aromatic rings. The van der Waals surface area contributed by atoms with Gasteiger partial charge in [-0.15, -0.1) is 0 Å². The summed E-state index contributed by atoms with van der Waals surface area (Å²) in [6, 6.07) is 18.1. The lowest BCUT2D eigenvalue weighted by molar-refractivity contribution is 0.284. The molecule has 1 aromatic heterocycles. The Kier molecular flexibility index (Phi) is 8.04. The number of aromatic nitrogens is 2. The summed E-state index contributed by atoms with van der Waals surface area (Å²) in [4.78, 5) is 17.9. The molecular weight excluding hydrogens is 544 g/mol. The fourth-order valence-corrected chi connectivity index (χ4v) is 4.32. The summed E-state index contributed by atoms with van der Waals surface area (Å²) >= 11 is 9.94. The molecule has 0 radical (unpaired) electrons. The number of hydrogen-bond donors (Lipinski definition) is 0. The number of methoxy groups -OCH3 is 1. The van der Waals surface area contributed by atoms with E-state index >= 15 is 0 Å². The second-order valence-corrected chi connectivity index (χ2v) is 9.22. The SMILES string of the molecule is CCCc1nc2ccc(Br)cc2c(=O)n1N=Cc1cc(Cl)c(OCc2ccccc2C#N)c(OC)c1. The van der Waals surface area contributed by atoms with Crippen molar-refractivity contribution in [2.45, 2.75) is 26.4 Å². The van der Waals surface area contributed by atoms with E-state index in [0.29, 0.717) is 50.8 Å². The summed E-state index contributed by atoms with van der Waals surface area (Å²) in [5.74, 6) is 1.33. The number of nitriles is 1. The molecule has 9 heteroatoms. The molecule has 0 saturated heterocycles. The Hall–Kier alpha value is -3.67. The Morgan fingerprint density at radius 1 is 1.22 bits per heavy atom. The van der Waals surface area contributed by atoms with Gasteiger partial charge in [0.05, 0.1) is 40.9 Å². The number of halogens is 2. The van der Waals surface area contributed by atoms with E-state index in [-0.39, 0.29) is 12.2 Å². The topological polar surface area (TPSA) is 89.5 Å². The van der Waals surface area contributed by atoms with Gasteiger partial charge in [0, 0.05) is 16.5 Å². The van der Waals surface area contributed by atoms with Gasteiger partial charge in [-0.3, -0.25) is 4.79 Å². The molecular formula is C27H22BrClN4O3. The molecule has 182 valence electrons. The minimum atomic E-state index is -0.254. The van der Waals surface area contributed by atoms with Crippen LogP contribution >= 0.6 is 27.5 Å². The highest BCUT2D eigenvalue weighted by Gasteiger charge is 2.14. The number of nitrogens with zero attached hydrogens (tertiary/aromatic N) is 4. The zero-order valence-corrected chi connectivity index (χ0v) is 22.0. The molecule has 3 aromatic carbocycles. The van der Waals surface area contributed by atoms with Gasteiger partial charge in [-0.2, -0.15) is 15.0 Å². The third kappa shape index (κ3) is 5.43. The maximum atomic E-state index is 13.2. The van der Waals surface area contributed by atoms with E-state index in [4.69, 9.17) is 21.1 Å². The second-order valence-electron chi connectivity index (χ2n) is 7.89. The van der Waals surface area contributed by atoms with Gasteiger partial charge in [0.1, 0.15) is 12.4 Å². The number of rotatable bonds is 8. The van der Waals surface area contributed by atoms with Gasteiger partial charge < -0.3 is 9.47 Å². The van der Waals surface area contributed by atoms with Crippen LogP contribution in [-0.2, 0) is 13.0 Å². The van der Waals surface area contributed by atoms with E-state index in [2.05, 4.69) is 32.1 Å². The Balaban J connectivity index is 1.68. The monoisotopic (exact) mass is 564 g/mol. The Labute approximate surface area is 221 Å². The zero-order chi connectivity index (χ0) is 25.7. The van der Waals surface area contributed by atoms with Crippen molar-refractivity contribution < 1.29 is 9.47 Å². The van der Waals surface area contributed by atoms with E-state index in [1.54, 1.807) is 30.3 Å². The predicted octanol–water partition coefficient (Wildman–Crippen LogP) is 6.11. The van der Waals surface area contributed by atoms with Gasteiger partial charge in [-0.25, -0.2) is 4.98 Å². The minimum Gasteiger partial charge on any atom is -0.493 e. The molecule has 0 unspecified atom stereocenters. The van der Waals surface area contributed by atoms with Crippen LogP contribution in [0.4, 0.5) is 0 Å². The summed E-state index contributed by atoms with van der Waals surface area (Å²) < 4.78 is 13.5. The fourth-order valence-electron chi connectivity index (χ4n) is 3.68. The van der Waals surface area contributed by atoms with Crippen molar-refractivity contribution >= 4 is 44.6 Å². The molecule has 0 aliphatic heterocycles. The third-order valence-electron chi connectivity index (χ3n) is 5.43. The van der Waals surface area contributed by atoms with Crippen LogP contribution in [0.5, 0.6) is 11.5 Å². The highest BCUT2D eigenvalue weighted by molar-refractivity contribution is 9.10. The maximum absolute atomic E-state index is 13.2. The van der Waals surface area contributed by atoms with Gasteiger partial charge in [0.15, 0.2) is 11.5 Å². The van der Waals surface area contributed by atoms with Crippen molar-refractivity contribution in [1.82, 2.24) is 9.66 Å². The van der Waals surface area contributed by atoms with Crippen LogP contribution in [0.1, 0.15) is 35.9 Å². The van der Waals surface area contributed by atoms with Crippen molar-refractivity contribution in [1.29, 1.82) is 5.26 Å². The first-order valence-electron chi connectivity index (χ1n) is 11.2. The largest absolute Gasteiger partial charge is 0.493 e. The first kappa shape index (κ1) is 25.4. The molecule has 0 atom stereocenters. The molecule has 0 aliphatic carbocycles. The molecule has 0 fully saturated rings. The number of hydrogen-bond acceptors (Lipinski definition) is 6. The summed E-state index contributed by atoms with van der Waals surface area (Å²) in [5.41, 5.74) is 2.26. The molecule has 1 heterocycles. The van der Waals surface area contributed by atoms with Gasteiger partial charge in [0.2, 0.25) is 0 Å². The van der Waals surface area contributed by atoms with Crippen molar-refractivity contribution in [3.8, 4) is 17.6 Å². The lowest BCUT2D eigenvalue weighted by atomic mass is 10.1. The van der Waals surface area contributed by atoms with Crippen molar-refractivity contribution in [3.05, 3.63) is 97.0 Å². The van der Waals surface area contributed by atoms with Crippen LogP contribution in [0.2, 0.25) is 5.02 Å². The third-order valence-corrected chi connectivity index (χ3v) is 6.21. The first-order chi connectivity index (χ1) is 17.4. The van der Waals surface area contributed by atoms with Crippen molar-refractivity contribution in [2.24, 2.45) is 5.10 Å². The average molecular weight is 566 g/mol. The average Bonchev–Trinajstić information content (AvgIpc) is 2.88. The fraction of sp³-hybridized carbons (Fsp3) is 0.185. The van der Waals surface area contributed by atoms with Crippen LogP contribution in [0.3, 0.4) is 0 Å². The van der Waals surface area contributed by atoms with E-state index in [1.165, 1.54) is 18.0 Å². The standard InChI is InChI=1S/C27H22BrClN4O3/c1-3-6-25-32-23-10-9-20(28)13-21(23)27(34)33(25)31-15-17-11-22(29)26(24(12-17)35-2)36-16-19-8-5-4-7-18(19)14-30/h4-5,7-13,15H,3,6,16H2,1-2H3. The molecule has 36 heavy (non-hydrogen) atoms. The molecule has 0 spiro atoms. The summed E-state index contributed by atoms with van der Waals surface area (Å²) in [6.07, 6.45) is 2.94. The first-order valence-corrected chi connectivity index (χ1v) is 12.4. The molecule has 7 nitrogen and oxygen atoms in total. The zero-order valence-electron chi connectivity index (χ0n) is 19.7. The normalized spacial score (nSPS) is 11.1. The second kappa shape index (κ2) is 11.4. The number of benzene rings is 3.